The van der Waals surface area contributed by atoms with Crippen molar-refractivity contribution in [2.24, 2.45) is 18.4 Å². The van der Waals surface area contributed by atoms with Crippen LogP contribution in [0.15, 0.2) is 30.3 Å². The molecule has 3 heterocycles. The molecule has 4 rings (SSSR count). The first-order valence-electron chi connectivity index (χ1n) is 12.2. The Kier molecular flexibility index (Phi) is 6.86. The molecule has 3 amide bonds. The van der Waals surface area contributed by atoms with Crippen molar-refractivity contribution >= 4 is 28.8 Å². The second kappa shape index (κ2) is 9.68. The third-order valence-electron chi connectivity index (χ3n) is 7.50. The zero-order valence-electron chi connectivity index (χ0n) is 20.7. The molecule has 184 valence electrons. The van der Waals surface area contributed by atoms with Crippen molar-refractivity contribution in [3.05, 3.63) is 36.0 Å². The summed E-state index contributed by atoms with van der Waals surface area (Å²) in [7, 11) is 3.29. The van der Waals surface area contributed by atoms with E-state index in [2.05, 4.69) is 5.32 Å². The number of carbonyl (C=O) groups is 3. The number of para-hydroxylation sites is 1. The molecule has 0 saturated carbocycles. The molecule has 34 heavy (non-hydrogen) atoms. The van der Waals surface area contributed by atoms with Gasteiger partial charge in [0.1, 0.15) is 11.7 Å². The third kappa shape index (κ3) is 4.76. The number of amides is 3. The second-order valence-electron chi connectivity index (χ2n) is 10.3. The fourth-order valence-electron chi connectivity index (χ4n) is 5.42. The molecule has 1 unspecified atom stereocenters. The SMILES string of the molecule is COC(=O)C(CC(C)C)NC(=O)N1CCC2(CCN(C(=O)c3cc4ccccc4n3C)CC2)C1. The summed E-state index contributed by atoms with van der Waals surface area (Å²) in [6.07, 6.45) is 3.21. The number of rotatable bonds is 5. The van der Waals surface area contributed by atoms with Crippen LogP contribution < -0.4 is 5.32 Å². The molecule has 1 aromatic carbocycles. The van der Waals surface area contributed by atoms with Gasteiger partial charge in [-0.05, 0) is 49.1 Å². The van der Waals surface area contributed by atoms with Crippen molar-refractivity contribution in [2.75, 3.05) is 33.3 Å². The zero-order valence-corrected chi connectivity index (χ0v) is 20.7. The lowest BCUT2D eigenvalue weighted by Gasteiger charge is -2.39. The number of fused-ring (bicyclic) bond motifs is 1. The van der Waals surface area contributed by atoms with Gasteiger partial charge in [-0.2, -0.15) is 0 Å². The van der Waals surface area contributed by atoms with E-state index in [-0.39, 0.29) is 23.3 Å². The highest BCUT2D eigenvalue weighted by molar-refractivity contribution is 5.98. The van der Waals surface area contributed by atoms with E-state index in [1.54, 1.807) is 0 Å². The number of nitrogens with one attached hydrogen (secondary N) is 1. The average molecular weight is 469 g/mol. The van der Waals surface area contributed by atoms with Gasteiger partial charge in [0.15, 0.2) is 0 Å². The normalized spacial score (nSPS) is 18.5. The lowest BCUT2D eigenvalue weighted by atomic mass is 9.77. The summed E-state index contributed by atoms with van der Waals surface area (Å²) in [6, 6.07) is 9.16. The van der Waals surface area contributed by atoms with E-state index in [4.69, 9.17) is 4.74 Å². The second-order valence-corrected chi connectivity index (χ2v) is 10.3. The lowest BCUT2D eigenvalue weighted by molar-refractivity contribution is -0.143. The van der Waals surface area contributed by atoms with E-state index >= 15 is 0 Å². The molecule has 8 heteroatoms. The Hall–Kier alpha value is -3.03. The molecule has 2 fully saturated rings. The van der Waals surface area contributed by atoms with Crippen LogP contribution in [0.3, 0.4) is 0 Å². The first-order valence-corrected chi connectivity index (χ1v) is 12.2. The van der Waals surface area contributed by atoms with Crippen molar-refractivity contribution in [2.45, 2.75) is 45.6 Å². The number of aromatic nitrogens is 1. The number of benzene rings is 1. The van der Waals surface area contributed by atoms with Gasteiger partial charge in [0.05, 0.1) is 7.11 Å². The molecule has 2 saturated heterocycles. The molecule has 2 aliphatic rings. The molecule has 8 nitrogen and oxygen atoms in total. The van der Waals surface area contributed by atoms with Crippen molar-refractivity contribution in [1.82, 2.24) is 19.7 Å². The summed E-state index contributed by atoms with van der Waals surface area (Å²) in [6.45, 7) is 6.73. The molecule has 2 aromatic rings. The fraction of sp³-hybridized carbons (Fsp3) is 0.577. The summed E-state index contributed by atoms with van der Waals surface area (Å²) in [5, 5.41) is 3.95. The summed E-state index contributed by atoms with van der Waals surface area (Å²) in [5.41, 5.74) is 1.80. The van der Waals surface area contributed by atoms with Gasteiger partial charge in [-0.25, -0.2) is 9.59 Å². The van der Waals surface area contributed by atoms with E-state index in [0.717, 1.165) is 30.2 Å². The number of piperidine rings is 1. The molecule has 2 aliphatic heterocycles. The van der Waals surface area contributed by atoms with Gasteiger partial charge in [-0.3, -0.25) is 4.79 Å². The summed E-state index contributed by atoms with van der Waals surface area (Å²) in [5.74, 6) is -0.0788. The summed E-state index contributed by atoms with van der Waals surface area (Å²) < 4.78 is 6.84. The molecule has 1 N–H and O–H groups in total. The molecule has 1 spiro atoms. The van der Waals surface area contributed by atoms with Gasteiger partial charge >= 0.3 is 12.0 Å². The predicted molar refractivity (Wildman–Crippen MR) is 130 cm³/mol. The minimum Gasteiger partial charge on any atom is -0.467 e. The first-order chi connectivity index (χ1) is 16.2. The van der Waals surface area contributed by atoms with E-state index in [1.165, 1.54) is 7.11 Å². The van der Waals surface area contributed by atoms with Crippen LogP contribution in [0.2, 0.25) is 0 Å². The predicted octanol–water partition coefficient (Wildman–Crippen LogP) is 3.40. The van der Waals surface area contributed by atoms with Gasteiger partial charge in [0.25, 0.3) is 5.91 Å². The van der Waals surface area contributed by atoms with Crippen molar-refractivity contribution in [3.8, 4) is 0 Å². The minimum absolute atomic E-state index is 0.0336. The number of hydrogen-bond donors (Lipinski definition) is 1. The van der Waals surface area contributed by atoms with Crippen LogP contribution in [0, 0.1) is 11.3 Å². The van der Waals surface area contributed by atoms with E-state index in [1.807, 2.05) is 65.6 Å². The van der Waals surface area contributed by atoms with Crippen LogP contribution in [-0.2, 0) is 16.6 Å². The molecule has 0 radical (unpaired) electrons. The molecule has 1 atom stereocenters. The molecular weight excluding hydrogens is 432 g/mol. The van der Waals surface area contributed by atoms with Crippen LogP contribution in [0.4, 0.5) is 4.79 Å². The Morgan fingerprint density at radius 2 is 1.71 bits per heavy atom. The van der Waals surface area contributed by atoms with Gasteiger partial charge < -0.3 is 24.4 Å². The number of methoxy groups -OCH3 is 1. The number of urea groups is 1. The smallest absolute Gasteiger partial charge is 0.328 e. The highest BCUT2D eigenvalue weighted by atomic mass is 16.5. The number of nitrogens with zero attached hydrogens (tertiary/aromatic N) is 3. The van der Waals surface area contributed by atoms with Crippen molar-refractivity contribution < 1.29 is 19.1 Å². The Labute approximate surface area is 201 Å². The van der Waals surface area contributed by atoms with E-state index < -0.39 is 12.0 Å². The number of hydrogen-bond acceptors (Lipinski definition) is 4. The molecule has 0 bridgehead atoms. The standard InChI is InChI=1S/C26H36N4O4/c1-18(2)15-20(24(32)34-4)27-25(33)30-14-11-26(17-30)9-12-29(13-10-26)23(31)22-16-19-7-5-6-8-21(19)28(22)3/h5-8,16,18,20H,9-15,17H2,1-4H3,(H,27,33). The van der Waals surface area contributed by atoms with Gasteiger partial charge in [-0.15, -0.1) is 0 Å². The molecule has 1 aromatic heterocycles. The topological polar surface area (TPSA) is 83.9 Å². The maximum atomic E-state index is 13.3. The number of esters is 1. The highest BCUT2D eigenvalue weighted by Crippen LogP contribution is 2.40. The first kappa shape index (κ1) is 24.1. The quantitative estimate of drug-likeness (QED) is 0.682. The van der Waals surface area contributed by atoms with E-state index in [0.29, 0.717) is 38.3 Å². The molecular formula is C26H36N4O4. The maximum absolute atomic E-state index is 13.3. The highest BCUT2D eigenvalue weighted by Gasteiger charge is 2.43. The number of likely N-dealkylation sites (tertiary alicyclic amines) is 2. The van der Waals surface area contributed by atoms with Crippen LogP contribution in [-0.4, -0.2) is 71.6 Å². The average Bonchev–Trinajstić information content (AvgIpc) is 3.39. The van der Waals surface area contributed by atoms with Crippen LogP contribution in [0.25, 0.3) is 10.9 Å². The summed E-state index contributed by atoms with van der Waals surface area (Å²) >= 11 is 0. The zero-order chi connectivity index (χ0) is 24.5. The fourth-order valence-corrected chi connectivity index (χ4v) is 5.42. The van der Waals surface area contributed by atoms with Gasteiger partial charge in [-0.1, -0.05) is 32.0 Å². The Bertz CT molecular complexity index is 1070. The molecule has 0 aliphatic carbocycles. The van der Waals surface area contributed by atoms with E-state index in [9.17, 15) is 14.4 Å². The van der Waals surface area contributed by atoms with Crippen LogP contribution >= 0.6 is 0 Å². The Balaban J connectivity index is 1.35. The number of aryl methyl sites for hydroxylation is 1. The largest absolute Gasteiger partial charge is 0.467 e. The summed E-state index contributed by atoms with van der Waals surface area (Å²) in [4.78, 5) is 42.0. The Morgan fingerprint density at radius 3 is 2.32 bits per heavy atom. The minimum atomic E-state index is -0.630. The van der Waals surface area contributed by atoms with Crippen LogP contribution in [0.1, 0.15) is 50.0 Å². The van der Waals surface area contributed by atoms with Gasteiger partial charge in [0, 0.05) is 44.1 Å². The number of carbonyl (C=O) groups excluding carboxylic acids is 3. The van der Waals surface area contributed by atoms with Gasteiger partial charge in [0.2, 0.25) is 0 Å². The Morgan fingerprint density at radius 1 is 1.06 bits per heavy atom. The van der Waals surface area contributed by atoms with Crippen molar-refractivity contribution in [3.63, 3.8) is 0 Å². The van der Waals surface area contributed by atoms with Crippen molar-refractivity contribution in [1.29, 1.82) is 0 Å². The van der Waals surface area contributed by atoms with Crippen LogP contribution in [0.5, 0.6) is 0 Å². The third-order valence-corrected chi connectivity index (χ3v) is 7.50. The monoisotopic (exact) mass is 468 g/mol. The number of ether oxygens (including phenoxy) is 1. The lowest BCUT2D eigenvalue weighted by Crippen LogP contribution is -2.49. The maximum Gasteiger partial charge on any atom is 0.328 e.